The highest BCUT2D eigenvalue weighted by molar-refractivity contribution is 7.16. The molecule has 1 aliphatic rings. The van der Waals surface area contributed by atoms with Gasteiger partial charge in [0.05, 0.1) is 21.4 Å². The maximum Gasteiger partial charge on any atom is 0.254 e. The summed E-state index contributed by atoms with van der Waals surface area (Å²) in [6.07, 6.45) is 0. The van der Waals surface area contributed by atoms with Crippen LogP contribution < -0.4 is 4.90 Å². The molecule has 0 bridgehead atoms. The number of aromatic nitrogens is 1. The first-order valence-corrected chi connectivity index (χ1v) is 8.72. The van der Waals surface area contributed by atoms with Crippen molar-refractivity contribution in [1.82, 2.24) is 9.88 Å². The van der Waals surface area contributed by atoms with E-state index < -0.39 is 0 Å². The molecular formula is C18H16FN3OS. The quantitative estimate of drug-likeness (QED) is 0.717. The van der Waals surface area contributed by atoms with Crippen LogP contribution in [0.5, 0.6) is 0 Å². The van der Waals surface area contributed by atoms with Crippen LogP contribution in [0.4, 0.5) is 10.1 Å². The van der Waals surface area contributed by atoms with Crippen LogP contribution in [0.2, 0.25) is 0 Å². The number of amides is 1. The molecule has 3 aromatic rings. The molecule has 2 heterocycles. The van der Waals surface area contributed by atoms with Crippen molar-refractivity contribution in [2.75, 3.05) is 31.1 Å². The molecule has 24 heavy (non-hydrogen) atoms. The smallest absolute Gasteiger partial charge is 0.254 e. The van der Waals surface area contributed by atoms with Gasteiger partial charge in [-0.05, 0) is 30.3 Å². The van der Waals surface area contributed by atoms with Crippen LogP contribution in [-0.4, -0.2) is 42.0 Å². The highest BCUT2D eigenvalue weighted by Gasteiger charge is 2.23. The number of carbonyl (C=O) groups is 1. The molecule has 4 rings (SSSR count). The van der Waals surface area contributed by atoms with Crippen molar-refractivity contribution in [3.8, 4) is 0 Å². The SMILES string of the molecule is O=C(c1ccc2ncsc2c1)N1CCN(c2ccccc2F)CC1. The summed E-state index contributed by atoms with van der Waals surface area (Å²) in [5, 5.41) is 0. The molecule has 4 nitrogen and oxygen atoms in total. The lowest BCUT2D eigenvalue weighted by Gasteiger charge is -2.36. The van der Waals surface area contributed by atoms with E-state index in [1.54, 1.807) is 17.6 Å². The number of thiazole rings is 1. The van der Waals surface area contributed by atoms with Crippen molar-refractivity contribution >= 4 is 33.1 Å². The molecule has 0 aliphatic carbocycles. The Balaban J connectivity index is 1.47. The van der Waals surface area contributed by atoms with Crippen LogP contribution in [0.25, 0.3) is 10.2 Å². The van der Waals surface area contributed by atoms with E-state index in [9.17, 15) is 9.18 Å². The topological polar surface area (TPSA) is 36.4 Å². The molecule has 1 amide bonds. The second-order valence-electron chi connectivity index (χ2n) is 5.77. The second-order valence-corrected chi connectivity index (χ2v) is 6.65. The lowest BCUT2D eigenvalue weighted by Crippen LogP contribution is -2.49. The van der Waals surface area contributed by atoms with Crippen molar-refractivity contribution in [2.24, 2.45) is 0 Å². The van der Waals surface area contributed by atoms with E-state index in [0.29, 0.717) is 37.4 Å². The normalized spacial score (nSPS) is 15.0. The number of rotatable bonds is 2. The molecular weight excluding hydrogens is 325 g/mol. The Hall–Kier alpha value is -2.47. The van der Waals surface area contributed by atoms with E-state index in [1.165, 1.54) is 17.4 Å². The zero-order chi connectivity index (χ0) is 16.5. The fraction of sp³-hybridized carbons (Fsp3) is 0.222. The number of nitrogens with zero attached hydrogens (tertiary/aromatic N) is 3. The van der Waals surface area contributed by atoms with Crippen LogP contribution in [-0.2, 0) is 0 Å². The number of hydrogen-bond acceptors (Lipinski definition) is 4. The summed E-state index contributed by atoms with van der Waals surface area (Å²) < 4.78 is 14.9. The molecule has 122 valence electrons. The molecule has 0 atom stereocenters. The van der Waals surface area contributed by atoms with Gasteiger partial charge in [0.25, 0.3) is 5.91 Å². The lowest BCUT2D eigenvalue weighted by atomic mass is 10.1. The van der Waals surface area contributed by atoms with Crippen LogP contribution in [0.3, 0.4) is 0 Å². The van der Waals surface area contributed by atoms with Crippen molar-refractivity contribution in [2.45, 2.75) is 0 Å². The van der Waals surface area contributed by atoms with Crippen molar-refractivity contribution < 1.29 is 9.18 Å². The standard InChI is InChI=1S/C18H16FN3OS/c19-14-3-1-2-4-16(14)21-7-9-22(10-8-21)18(23)13-5-6-15-17(11-13)24-12-20-15/h1-6,11-12H,7-10H2. The average molecular weight is 341 g/mol. The largest absolute Gasteiger partial charge is 0.366 e. The number of fused-ring (bicyclic) bond motifs is 1. The Labute approximate surface area is 143 Å². The number of carbonyl (C=O) groups excluding carboxylic acids is 1. The molecule has 0 N–H and O–H groups in total. The molecule has 1 aromatic heterocycles. The van der Waals surface area contributed by atoms with Gasteiger partial charge in [-0.1, -0.05) is 12.1 Å². The lowest BCUT2D eigenvalue weighted by molar-refractivity contribution is 0.0747. The number of anilines is 1. The van der Waals surface area contributed by atoms with Gasteiger partial charge in [0.1, 0.15) is 5.82 Å². The van der Waals surface area contributed by atoms with Crippen molar-refractivity contribution in [3.05, 3.63) is 59.4 Å². The summed E-state index contributed by atoms with van der Waals surface area (Å²) in [7, 11) is 0. The van der Waals surface area contributed by atoms with Gasteiger partial charge >= 0.3 is 0 Å². The second kappa shape index (κ2) is 6.20. The van der Waals surface area contributed by atoms with Gasteiger partial charge in [-0.25, -0.2) is 9.37 Å². The first-order valence-electron chi connectivity index (χ1n) is 7.84. The Morgan fingerprint density at radius 3 is 2.67 bits per heavy atom. The van der Waals surface area contributed by atoms with Crippen molar-refractivity contribution in [3.63, 3.8) is 0 Å². The molecule has 1 saturated heterocycles. The van der Waals surface area contributed by atoms with Crippen LogP contribution in [0.1, 0.15) is 10.4 Å². The van der Waals surface area contributed by atoms with Gasteiger partial charge in [-0.15, -0.1) is 11.3 Å². The Kier molecular flexibility index (Phi) is 3.90. The third-order valence-electron chi connectivity index (χ3n) is 4.34. The molecule has 0 saturated carbocycles. The summed E-state index contributed by atoms with van der Waals surface area (Å²) >= 11 is 1.53. The van der Waals surface area contributed by atoms with Crippen LogP contribution >= 0.6 is 11.3 Å². The number of para-hydroxylation sites is 1. The predicted octanol–water partition coefficient (Wildman–Crippen LogP) is 3.40. The van der Waals surface area contributed by atoms with E-state index in [-0.39, 0.29) is 11.7 Å². The van der Waals surface area contributed by atoms with Crippen LogP contribution in [0, 0.1) is 5.82 Å². The Morgan fingerprint density at radius 2 is 1.88 bits per heavy atom. The minimum atomic E-state index is -0.215. The van der Waals surface area contributed by atoms with Gasteiger partial charge in [0.15, 0.2) is 0 Å². The fourth-order valence-electron chi connectivity index (χ4n) is 3.03. The third-order valence-corrected chi connectivity index (χ3v) is 5.13. The summed E-state index contributed by atoms with van der Waals surface area (Å²) in [5.74, 6) is -0.189. The Bertz CT molecular complexity index is 887. The number of piperazine rings is 1. The molecule has 0 unspecified atom stereocenters. The molecule has 1 fully saturated rings. The fourth-order valence-corrected chi connectivity index (χ4v) is 3.75. The van der Waals surface area contributed by atoms with E-state index in [2.05, 4.69) is 4.98 Å². The first kappa shape index (κ1) is 15.1. The maximum atomic E-state index is 13.9. The predicted molar refractivity (Wildman–Crippen MR) is 94.1 cm³/mol. The van der Waals surface area contributed by atoms with E-state index in [1.807, 2.05) is 34.1 Å². The minimum absolute atomic E-state index is 0.0264. The first-order chi connectivity index (χ1) is 11.7. The van der Waals surface area contributed by atoms with Gasteiger partial charge in [-0.3, -0.25) is 4.79 Å². The van der Waals surface area contributed by atoms with Gasteiger partial charge in [0.2, 0.25) is 0 Å². The molecule has 0 spiro atoms. The monoisotopic (exact) mass is 341 g/mol. The number of halogens is 1. The minimum Gasteiger partial charge on any atom is -0.366 e. The molecule has 0 radical (unpaired) electrons. The van der Waals surface area contributed by atoms with E-state index in [0.717, 1.165) is 10.2 Å². The molecule has 6 heteroatoms. The molecule has 1 aliphatic heterocycles. The van der Waals surface area contributed by atoms with Gasteiger partial charge in [0, 0.05) is 31.7 Å². The Morgan fingerprint density at radius 1 is 1.08 bits per heavy atom. The summed E-state index contributed by atoms with van der Waals surface area (Å²) in [5.41, 5.74) is 3.99. The highest BCUT2D eigenvalue weighted by Crippen LogP contribution is 2.22. The van der Waals surface area contributed by atoms with Crippen molar-refractivity contribution in [1.29, 1.82) is 0 Å². The van der Waals surface area contributed by atoms with Gasteiger partial charge in [-0.2, -0.15) is 0 Å². The zero-order valence-electron chi connectivity index (χ0n) is 13.0. The van der Waals surface area contributed by atoms with E-state index >= 15 is 0 Å². The number of hydrogen-bond donors (Lipinski definition) is 0. The van der Waals surface area contributed by atoms with Crippen LogP contribution in [0.15, 0.2) is 48.0 Å². The highest BCUT2D eigenvalue weighted by atomic mass is 32.1. The zero-order valence-corrected chi connectivity index (χ0v) is 13.8. The summed E-state index contributed by atoms with van der Waals surface area (Å²) in [6, 6.07) is 12.4. The summed E-state index contributed by atoms with van der Waals surface area (Å²) in [6.45, 7) is 2.45. The van der Waals surface area contributed by atoms with Gasteiger partial charge < -0.3 is 9.80 Å². The number of benzene rings is 2. The third kappa shape index (κ3) is 2.73. The van der Waals surface area contributed by atoms with E-state index in [4.69, 9.17) is 0 Å². The summed E-state index contributed by atoms with van der Waals surface area (Å²) in [4.78, 5) is 20.8. The average Bonchev–Trinajstić information content (AvgIpc) is 3.09. The maximum absolute atomic E-state index is 13.9. The molecule has 2 aromatic carbocycles.